The summed E-state index contributed by atoms with van der Waals surface area (Å²) in [6.45, 7) is 6.16. The monoisotopic (exact) mass is 370 g/mol. The number of carbonyl (C=O) groups is 2. The molecule has 0 fully saturated rings. The topological polar surface area (TPSA) is 49.4 Å². The van der Waals surface area contributed by atoms with E-state index in [2.05, 4.69) is 5.32 Å². The zero-order chi connectivity index (χ0) is 18.8. The largest absolute Gasteiger partial charge is 0.312 e. The summed E-state index contributed by atoms with van der Waals surface area (Å²) in [5.41, 5.74) is 3.74. The summed E-state index contributed by atoms with van der Waals surface area (Å²) in [5.74, 6) is 0.0875. The zero-order valence-corrected chi connectivity index (χ0v) is 16.0. The van der Waals surface area contributed by atoms with Crippen LogP contribution in [0.2, 0.25) is 5.02 Å². The van der Waals surface area contributed by atoms with Crippen LogP contribution in [0.25, 0.3) is 0 Å². The normalized spacial score (nSPS) is 15.5. The molecule has 26 heavy (non-hydrogen) atoms. The van der Waals surface area contributed by atoms with Crippen LogP contribution in [0, 0.1) is 0 Å². The summed E-state index contributed by atoms with van der Waals surface area (Å²) in [6.07, 6.45) is 0.791. The highest BCUT2D eigenvalue weighted by atomic mass is 35.5. The molecule has 4 nitrogen and oxygen atoms in total. The Morgan fingerprint density at radius 1 is 1.12 bits per heavy atom. The molecule has 0 radical (unpaired) electrons. The van der Waals surface area contributed by atoms with Gasteiger partial charge in [0.2, 0.25) is 5.91 Å². The Balaban J connectivity index is 1.71. The number of anilines is 1. The molecule has 0 bridgehead atoms. The Kier molecular flexibility index (Phi) is 5.44. The summed E-state index contributed by atoms with van der Waals surface area (Å²) in [4.78, 5) is 26.2. The molecular formula is C21H23ClN2O2. The predicted octanol–water partition coefficient (Wildman–Crippen LogP) is 4.17. The average Bonchev–Trinajstić information content (AvgIpc) is 3.04. The molecule has 2 atom stereocenters. The number of ketones is 1. The van der Waals surface area contributed by atoms with Gasteiger partial charge in [-0.3, -0.25) is 9.59 Å². The number of hydrogen-bond donors (Lipinski definition) is 1. The Morgan fingerprint density at radius 3 is 2.46 bits per heavy atom. The van der Waals surface area contributed by atoms with Gasteiger partial charge in [-0.05, 0) is 61.7 Å². The van der Waals surface area contributed by atoms with Crippen LogP contribution < -0.4 is 10.2 Å². The first-order valence-electron chi connectivity index (χ1n) is 8.83. The van der Waals surface area contributed by atoms with Crippen molar-refractivity contribution in [3.8, 4) is 0 Å². The minimum atomic E-state index is -0.316. The SMILES string of the molecule is CC(=O)N1CCc2cc(C(=O)C(C)NC(C)c3ccc(Cl)cc3)ccc21. The van der Waals surface area contributed by atoms with Crippen LogP contribution >= 0.6 is 11.6 Å². The quantitative estimate of drug-likeness (QED) is 0.803. The molecule has 1 heterocycles. The smallest absolute Gasteiger partial charge is 0.223 e. The van der Waals surface area contributed by atoms with E-state index < -0.39 is 0 Å². The second kappa shape index (κ2) is 7.60. The van der Waals surface area contributed by atoms with Gasteiger partial charge < -0.3 is 10.2 Å². The molecule has 3 rings (SSSR count). The molecule has 1 N–H and O–H groups in total. The standard InChI is InChI=1S/C21H23ClN2O2/c1-13(16-4-7-19(22)8-5-16)23-14(2)21(26)18-6-9-20-17(12-18)10-11-24(20)15(3)25/h4-9,12-14,23H,10-11H2,1-3H3. The maximum Gasteiger partial charge on any atom is 0.223 e. The molecule has 0 saturated heterocycles. The van der Waals surface area contributed by atoms with E-state index in [1.807, 2.05) is 56.3 Å². The fourth-order valence-corrected chi connectivity index (χ4v) is 3.56. The Hall–Kier alpha value is -2.17. The van der Waals surface area contributed by atoms with Gasteiger partial charge in [-0.25, -0.2) is 0 Å². The Morgan fingerprint density at radius 2 is 1.81 bits per heavy atom. The number of Topliss-reactive ketones (excluding diaryl/α,β-unsaturated/α-hetero) is 1. The van der Waals surface area contributed by atoms with Crippen LogP contribution in [0.3, 0.4) is 0 Å². The summed E-state index contributed by atoms with van der Waals surface area (Å²) >= 11 is 5.93. The van der Waals surface area contributed by atoms with E-state index in [9.17, 15) is 9.59 Å². The lowest BCUT2D eigenvalue weighted by Crippen LogP contribution is -2.35. The highest BCUT2D eigenvalue weighted by Gasteiger charge is 2.24. The fraction of sp³-hybridized carbons (Fsp3) is 0.333. The van der Waals surface area contributed by atoms with Crippen molar-refractivity contribution in [3.63, 3.8) is 0 Å². The highest BCUT2D eigenvalue weighted by Crippen LogP contribution is 2.29. The Bertz CT molecular complexity index is 832. The van der Waals surface area contributed by atoms with Gasteiger partial charge in [0.05, 0.1) is 6.04 Å². The second-order valence-electron chi connectivity index (χ2n) is 6.79. The first kappa shape index (κ1) is 18.6. The van der Waals surface area contributed by atoms with Crippen molar-refractivity contribution >= 4 is 29.0 Å². The van der Waals surface area contributed by atoms with Gasteiger partial charge in [0.15, 0.2) is 5.78 Å². The number of benzene rings is 2. The molecule has 5 heteroatoms. The van der Waals surface area contributed by atoms with Crippen LogP contribution in [0.4, 0.5) is 5.69 Å². The number of amides is 1. The molecule has 136 valence electrons. The maximum absolute atomic E-state index is 12.8. The van der Waals surface area contributed by atoms with Crippen molar-refractivity contribution in [2.75, 3.05) is 11.4 Å². The van der Waals surface area contributed by atoms with E-state index >= 15 is 0 Å². The molecule has 2 aromatic carbocycles. The molecule has 0 spiro atoms. The molecule has 2 aromatic rings. The van der Waals surface area contributed by atoms with Gasteiger partial charge in [0.1, 0.15) is 0 Å². The van der Waals surface area contributed by atoms with E-state index in [-0.39, 0.29) is 23.8 Å². The number of fused-ring (bicyclic) bond motifs is 1. The van der Waals surface area contributed by atoms with Crippen LogP contribution in [0.15, 0.2) is 42.5 Å². The van der Waals surface area contributed by atoms with Crippen LogP contribution in [0.1, 0.15) is 48.3 Å². The maximum atomic E-state index is 12.8. The van der Waals surface area contributed by atoms with Crippen molar-refractivity contribution < 1.29 is 9.59 Å². The number of nitrogens with one attached hydrogen (secondary N) is 1. The third kappa shape index (κ3) is 3.81. The first-order valence-corrected chi connectivity index (χ1v) is 9.21. The van der Waals surface area contributed by atoms with Crippen LogP contribution in [0.5, 0.6) is 0 Å². The number of halogens is 1. The summed E-state index contributed by atoms with van der Waals surface area (Å²) in [5, 5.41) is 4.05. The summed E-state index contributed by atoms with van der Waals surface area (Å²) < 4.78 is 0. The van der Waals surface area contributed by atoms with Gasteiger partial charge in [-0.1, -0.05) is 23.7 Å². The van der Waals surface area contributed by atoms with Crippen molar-refractivity contribution in [1.29, 1.82) is 0 Å². The fourth-order valence-electron chi connectivity index (χ4n) is 3.43. The minimum absolute atomic E-state index is 0.0360. The van der Waals surface area contributed by atoms with Gasteiger partial charge in [-0.2, -0.15) is 0 Å². The van der Waals surface area contributed by atoms with Crippen LogP contribution in [-0.2, 0) is 11.2 Å². The lowest BCUT2D eigenvalue weighted by molar-refractivity contribution is -0.116. The molecule has 0 saturated carbocycles. The molecule has 2 unspecified atom stereocenters. The molecular weight excluding hydrogens is 348 g/mol. The lowest BCUT2D eigenvalue weighted by atomic mass is 10.00. The zero-order valence-electron chi connectivity index (χ0n) is 15.3. The van der Waals surface area contributed by atoms with Gasteiger partial charge >= 0.3 is 0 Å². The number of carbonyl (C=O) groups excluding carboxylic acids is 2. The summed E-state index contributed by atoms with van der Waals surface area (Å²) in [6, 6.07) is 13.0. The summed E-state index contributed by atoms with van der Waals surface area (Å²) in [7, 11) is 0. The Labute approximate surface area is 159 Å². The highest BCUT2D eigenvalue weighted by molar-refractivity contribution is 6.30. The van der Waals surface area contributed by atoms with E-state index in [1.54, 1.807) is 11.8 Å². The average molecular weight is 371 g/mol. The van der Waals surface area contributed by atoms with Crippen molar-refractivity contribution in [2.24, 2.45) is 0 Å². The van der Waals surface area contributed by atoms with Crippen molar-refractivity contribution in [3.05, 3.63) is 64.2 Å². The first-order chi connectivity index (χ1) is 12.4. The van der Waals surface area contributed by atoms with E-state index in [0.717, 1.165) is 23.2 Å². The second-order valence-corrected chi connectivity index (χ2v) is 7.23. The molecule has 1 amide bonds. The molecule has 1 aliphatic rings. The van der Waals surface area contributed by atoms with Crippen molar-refractivity contribution in [2.45, 2.75) is 39.3 Å². The van der Waals surface area contributed by atoms with Crippen molar-refractivity contribution in [1.82, 2.24) is 5.32 Å². The minimum Gasteiger partial charge on any atom is -0.312 e. The van der Waals surface area contributed by atoms with E-state index in [0.29, 0.717) is 17.1 Å². The number of rotatable bonds is 5. The number of nitrogens with zero attached hydrogens (tertiary/aromatic N) is 1. The van der Waals surface area contributed by atoms with Gasteiger partial charge in [0, 0.05) is 35.8 Å². The van der Waals surface area contributed by atoms with Gasteiger partial charge in [-0.15, -0.1) is 0 Å². The van der Waals surface area contributed by atoms with E-state index in [1.165, 1.54) is 0 Å². The van der Waals surface area contributed by atoms with E-state index in [4.69, 9.17) is 11.6 Å². The molecule has 0 aliphatic carbocycles. The van der Waals surface area contributed by atoms with Crippen LogP contribution in [-0.4, -0.2) is 24.3 Å². The molecule has 1 aliphatic heterocycles. The number of hydrogen-bond acceptors (Lipinski definition) is 3. The molecule has 0 aromatic heterocycles. The third-order valence-corrected chi connectivity index (χ3v) is 5.15. The third-order valence-electron chi connectivity index (χ3n) is 4.90. The lowest BCUT2D eigenvalue weighted by Gasteiger charge is -2.20. The van der Waals surface area contributed by atoms with Gasteiger partial charge in [0.25, 0.3) is 0 Å². The predicted molar refractivity (Wildman–Crippen MR) is 105 cm³/mol.